The third-order valence-corrected chi connectivity index (χ3v) is 2.61. The fourth-order valence-corrected chi connectivity index (χ4v) is 1.67. The minimum atomic E-state index is 0.0507. The van der Waals surface area contributed by atoms with Gasteiger partial charge in [-0.2, -0.15) is 0 Å². The maximum atomic E-state index is 10.0. The molecule has 0 aromatic heterocycles. The molecule has 0 saturated heterocycles. The molecule has 0 bridgehead atoms. The quantitative estimate of drug-likeness (QED) is 0.471. The zero-order chi connectivity index (χ0) is 10.5. The Hall–Kier alpha value is -0.0300. The normalized spacial score (nSPS) is 9.79. The molecule has 14 heavy (non-hydrogen) atoms. The van der Waals surface area contributed by atoms with Crippen molar-refractivity contribution in [2.24, 2.45) is 0 Å². The molecule has 0 amide bonds. The van der Waals surface area contributed by atoms with Crippen molar-refractivity contribution >= 4 is 7.92 Å². The Bertz CT molecular complexity index is 196. The molecule has 82 valence electrons. The third kappa shape index (κ3) is 12.0. The topological polar surface area (TPSA) is 37.3 Å². The minimum absolute atomic E-state index is 0.0507. The van der Waals surface area contributed by atoms with Crippen molar-refractivity contribution in [3.8, 4) is 5.63 Å². The number of aliphatic hydroxyl groups excluding tert-OH is 1. The van der Waals surface area contributed by atoms with Crippen LogP contribution in [-0.4, -0.2) is 11.7 Å². The SMILES string of the molecule is O=P#CCCCCCCCCCCO. The van der Waals surface area contributed by atoms with Crippen LogP contribution in [0.4, 0.5) is 0 Å². The summed E-state index contributed by atoms with van der Waals surface area (Å²) in [5.41, 5.74) is 2.76. The molecule has 0 aromatic carbocycles. The summed E-state index contributed by atoms with van der Waals surface area (Å²) in [6, 6.07) is 0. The van der Waals surface area contributed by atoms with E-state index in [1.54, 1.807) is 0 Å². The Balaban J connectivity index is 2.90. The molecule has 0 heterocycles. The second-order valence-electron chi connectivity index (χ2n) is 3.55. The maximum absolute atomic E-state index is 10.0. The van der Waals surface area contributed by atoms with Crippen molar-refractivity contribution in [3.05, 3.63) is 0 Å². The number of hydrogen-bond acceptors (Lipinski definition) is 2. The molecular weight excluding hydrogens is 195 g/mol. The monoisotopic (exact) mass is 216 g/mol. The summed E-state index contributed by atoms with van der Waals surface area (Å²) in [5, 5.41) is 8.56. The Morgan fingerprint density at radius 1 is 0.857 bits per heavy atom. The molecule has 0 radical (unpaired) electrons. The third-order valence-electron chi connectivity index (χ3n) is 2.26. The van der Waals surface area contributed by atoms with Gasteiger partial charge in [-0.1, -0.05) is 0 Å². The van der Waals surface area contributed by atoms with Crippen molar-refractivity contribution in [1.29, 1.82) is 0 Å². The summed E-state index contributed by atoms with van der Waals surface area (Å²) in [4.78, 5) is 0. The number of aliphatic hydroxyl groups is 1. The predicted molar refractivity (Wildman–Crippen MR) is 60.1 cm³/mol. The van der Waals surface area contributed by atoms with E-state index in [9.17, 15) is 4.57 Å². The van der Waals surface area contributed by atoms with E-state index in [0.29, 0.717) is 6.61 Å². The van der Waals surface area contributed by atoms with E-state index in [4.69, 9.17) is 5.11 Å². The zero-order valence-electron chi connectivity index (χ0n) is 8.87. The number of rotatable bonds is 9. The summed E-state index contributed by atoms with van der Waals surface area (Å²) in [5.74, 6) is 0. The molecule has 3 heteroatoms. The fourth-order valence-electron chi connectivity index (χ4n) is 1.42. The van der Waals surface area contributed by atoms with Crippen LogP contribution in [0.1, 0.15) is 57.8 Å². The van der Waals surface area contributed by atoms with Crippen LogP contribution < -0.4 is 0 Å². The molecule has 0 fully saturated rings. The molecule has 0 rings (SSSR count). The van der Waals surface area contributed by atoms with Gasteiger partial charge in [0.25, 0.3) is 0 Å². The summed E-state index contributed by atoms with van der Waals surface area (Å²) >= 11 is 0. The van der Waals surface area contributed by atoms with E-state index in [-0.39, 0.29) is 7.92 Å². The first kappa shape index (κ1) is 14.0. The van der Waals surface area contributed by atoms with Crippen molar-refractivity contribution < 1.29 is 9.67 Å². The summed E-state index contributed by atoms with van der Waals surface area (Å²) in [7, 11) is 0.0507. The number of hydrogen-bond donors (Lipinski definition) is 1. The summed E-state index contributed by atoms with van der Waals surface area (Å²) < 4.78 is 10.0. The second kappa shape index (κ2) is 13.0. The van der Waals surface area contributed by atoms with Gasteiger partial charge in [0.15, 0.2) is 0 Å². The van der Waals surface area contributed by atoms with Crippen molar-refractivity contribution in [2.75, 3.05) is 6.61 Å². The van der Waals surface area contributed by atoms with Gasteiger partial charge in [0.05, 0.1) is 0 Å². The van der Waals surface area contributed by atoms with Crippen LogP contribution in [0.3, 0.4) is 0 Å². The van der Waals surface area contributed by atoms with Crippen LogP contribution in [0.2, 0.25) is 0 Å². The second-order valence-corrected chi connectivity index (χ2v) is 4.05. The van der Waals surface area contributed by atoms with E-state index in [1.165, 1.54) is 32.1 Å². The van der Waals surface area contributed by atoms with Gasteiger partial charge in [-0.05, 0) is 0 Å². The molecule has 2 nitrogen and oxygen atoms in total. The van der Waals surface area contributed by atoms with Gasteiger partial charge in [-0.3, -0.25) is 0 Å². The van der Waals surface area contributed by atoms with Crippen molar-refractivity contribution in [1.82, 2.24) is 0 Å². The Morgan fingerprint density at radius 2 is 1.36 bits per heavy atom. The van der Waals surface area contributed by atoms with Gasteiger partial charge in [-0.15, -0.1) is 0 Å². The summed E-state index contributed by atoms with van der Waals surface area (Å²) in [6.45, 7) is 0.333. The molecule has 0 aliphatic rings. The van der Waals surface area contributed by atoms with Gasteiger partial charge in [0, 0.05) is 0 Å². The average molecular weight is 216 g/mol. The van der Waals surface area contributed by atoms with Crippen LogP contribution in [0, 0.1) is 5.63 Å². The molecule has 0 spiro atoms. The summed E-state index contributed by atoms with van der Waals surface area (Å²) in [6.07, 6.45) is 10.4. The Labute approximate surface area is 88.2 Å². The van der Waals surface area contributed by atoms with Gasteiger partial charge >= 0.3 is 87.6 Å². The van der Waals surface area contributed by atoms with Crippen LogP contribution in [-0.2, 0) is 4.57 Å². The first-order chi connectivity index (χ1) is 6.91. The number of unbranched alkanes of at least 4 members (excludes halogenated alkanes) is 8. The van der Waals surface area contributed by atoms with E-state index in [0.717, 1.165) is 25.7 Å². The van der Waals surface area contributed by atoms with Crippen LogP contribution in [0.15, 0.2) is 0 Å². The van der Waals surface area contributed by atoms with E-state index < -0.39 is 0 Å². The average Bonchev–Trinajstić information content (AvgIpc) is 2.21. The van der Waals surface area contributed by atoms with Gasteiger partial charge in [0.1, 0.15) is 0 Å². The molecule has 0 saturated carbocycles. The standard InChI is InChI=1S/C11H21O2P/c12-10-8-6-4-2-1-3-5-7-9-11-14-13/h12H,1-10H2. The van der Waals surface area contributed by atoms with Gasteiger partial charge in [-0.25, -0.2) is 0 Å². The van der Waals surface area contributed by atoms with Crippen LogP contribution in [0.5, 0.6) is 0 Å². The Morgan fingerprint density at radius 3 is 1.86 bits per heavy atom. The first-order valence-electron chi connectivity index (χ1n) is 5.58. The van der Waals surface area contributed by atoms with Crippen molar-refractivity contribution in [3.63, 3.8) is 0 Å². The van der Waals surface area contributed by atoms with Crippen LogP contribution >= 0.6 is 7.92 Å². The molecule has 0 aliphatic heterocycles. The molecule has 0 aliphatic carbocycles. The predicted octanol–water partition coefficient (Wildman–Crippen LogP) is 3.74. The molecular formula is C11H21O2P. The van der Waals surface area contributed by atoms with E-state index in [1.807, 2.05) is 0 Å². The first-order valence-corrected chi connectivity index (χ1v) is 6.39. The molecule has 0 atom stereocenters. The molecule has 0 aromatic rings. The Kier molecular flexibility index (Phi) is 12.9. The van der Waals surface area contributed by atoms with Crippen molar-refractivity contribution in [2.45, 2.75) is 57.8 Å². The van der Waals surface area contributed by atoms with Gasteiger partial charge < -0.3 is 0 Å². The van der Waals surface area contributed by atoms with E-state index in [2.05, 4.69) is 5.63 Å². The fraction of sp³-hybridized carbons (Fsp3) is 0.909. The zero-order valence-corrected chi connectivity index (χ0v) is 9.77. The van der Waals surface area contributed by atoms with Crippen LogP contribution in [0.25, 0.3) is 0 Å². The van der Waals surface area contributed by atoms with E-state index >= 15 is 0 Å². The molecule has 0 unspecified atom stereocenters. The van der Waals surface area contributed by atoms with Gasteiger partial charge in [0.2, 0.25) is 0 Å². The molecule has 1 N–H and O–H groups in total.